The van der Waals surface area contributed by atoms with Crippen LogP contribution in [0.5, 0.6) is 0 Å². The third-order valence-electron chi connectivity index (χ3n) is 2.94. The quantitative estimate of drug-likeness (QED) is 0.603. The normalized spacial score (nSPS) is 16.3. The average Bonchev–Trinajstić information content (AvgIpc) is 2.89. The highest BCUT2D eigenvalue weighted by Crippen LogP contribution is 2.23. The largest absolute Gasteiger partial charge is 0.377 e. The van der Waals surface area contributed by atoms with Gasteiger partial charge in [0.15, 0.2) is 0 Å². The molecule has 0 saturated carbocycles. The summed E-state index contributed by atoms with van der Waals surface area (Å²) in [5.41, 5.74) is 2.41. The second-order valence-corrected chi connectivity index (χ2v) is 5.63. The minimum Gasteiger partial charge on any atom is -0.377 e. The van der Waals surface area contributed by atoms with Crippen LogP contribution in [-0.2, 0) is 0 Å². The highest BCUT2D eigenvalue weighted by atomic mass is 32.2. The number of hydrogen-bond acceptors (Lipinski definition) is 3. The third-order valence-corrected chi connectivity index (χ3v) is 4.25. The fraction of sp³-hybridized carbons (Fsp3) is 0.357. The lowest BCUT2D eigenvalue weighted by Crippen LogP contribution is -2.13. The third kappa shape index (κ3) is 3.33. The molecular formula is C14H17NS2. The van der Waals surface area contributed by atoms with Crippen LogP contribution < -0.4 is 0 Å². The Kier molecular flexibility index (Phi) is 4.63. The maximum absolute atomic E-state index is 5.46. The molecule has 0 amide bonds. The number of benzene rings is 1. The molecule has 0 spiro atoms. The maximum atomic E-state index is 5.46. The summed E-state index contributed by atoms with van der Waals surface area (Å²) < 4.78 is 0.975. The van der Waals surface area contributed by atoms with Gasteiger partial charge < -0.3 is 4.90 Å². The van der Waals surface area contributed by atoms with Crippen molar-refractivity contribution in [2.75, 3.05) is 19.3 Å². The first kappa shape index (κ1) is 12.7. The van der Waals surface area contributed by atoms with E-state index in [1.54, 1.807) is 11.8 Å². The van der Waals surface area contributed by atoms with Gasteiger partial charge in [0, 0.05) is 24.9 Å². The van der Waals surface area contributed by atoms with Crippen molar-refractivity contribution in [2.24, 2.45) is 0 Å². The predicted molar refractivity (Wildman–Crippen MR) is 81.3 cm³/mol. The molecule has 1 nitrogen and oxygen atoms in total. The predicted octanol–water partition coefficient (Wildman–Crippen LogP) is 3.81. The van der Waals surface area contributed by atoms with Crippen LogP contribution in [0.2, 0.25) is 0 Å². The summed E-state index contributed by atoms with van der Waals surface area (Å²) in [6, 6.07) is 10.4. The minimum atomic E-state index is 0.975. The van der Waals surface area contributed by atoms with Crippen molar-refractivity contribution in [3.05, 3.63) is 42.1 Å². The molecule has 0 aromatic heterocycles. The van der Waals surface area contributed by atoms with Crippen molar-refractivity contribution < 1.29 is 0 Å². The summed E-state index contributed by atoms with van der Waals surface area (Å²) in [5, 5.41) is 0. The Balaban J connectivity index is 2.28. The average molecular weight is 263 g/mol. The van der Waals surface area contributed by atoms with Crippen LogP contribution in [0.3, 0.4) is 0 Å². The molecule has 1 aliphatic heterocycles. The number of hydrogen-bond donors (Lipinski definition) is 0. The maximum Gasteiger partial charge on any atom is 0.0796 e. The first-order valence-electron chi connectivity index (χ1n) is 5.91. The first-order chi connectivity index (χ1) is 8.31. The first-order valence-corrected chi connectivity index (χ1v) is 7.54. The Morgan fingerprint density at radius 2 is 1.88 bits per heavy atom. The summed E-state index contributed by atoms with van der Waals surface area (Å²) >= 11 is 7.11. The van der Waals surface area contributed by atoms with Gasteiger partial charge in [-0.2, -0.15) is 0 Å². The van der Waals surface area contributed by atoms with Gasteiger partial charge in [0.25, 0.3) is 0 Å². The van der Waals surface area contributed by atoms with Crippen LogP contribution in [0.25, 0.3) is 5.57 Å². The number of nitrogens with zero attached hydrogens (tertiary/aromatic N) is 1. The van der Waals surface area contributed by atoms with Crippen LogP contribution >= 0.6 is 24.0 Å². The van der Waals surface area contributed by atoms with Crippen molar-refractivity contribution in [3.8, 4) is 0 Å². The molecule has 1 aromatic carbocycles. The molecule has 0 atom stereocenters. The topological polar surface area (TPSA) is 3.24 Å². The molecule has 17 heavy (non-hydrogen) atoms. The van der Waals surface area contributed by atoms with Crippen LogP contribution in [0.15, 0.2) is 36.5 Å². The molecule has 0 bridgehead atoms. The van der Waals surface area contributed by atoms with E-state index in [1.165, 1.54) is 24.0 Å². The van der Waals surface area contributed by atoms with Gasteiger partial charge in [-0.25, -0.2) is 0 Å². The molecule has 1 aliphatic rings. The van der Waals surface area contributed by atoms with E-state index in [0.29, 0.717) is 0 Å². The van der Waals surface area contributed by atoms with E-state index in [-0.39, 0.29) is 0 Å². The van der Waals surface area contributed by atoms with E-state index in [2.05, 4.69) is 35.4 Å². The van der Waals surface area contributed by atoms with Gasteiger partial charge in [-0.1, -0.05) is 42.5 Å². The Hall–Kier alpha value is -0.800. The summed E-state index contributed by atoms with van der Waals surface area (Å²) in [7, 11) is 0. The van der Waals surface area contributed by atoms with Crippen LogP contribution in [0.4, 0.5) is 0 Å². The van der Waals surface area contributed by atoms with Gasteiger partial charge in [0.2, 0.25) is 0 Å². The zero-order valence-corrected chi connectivity index (χ0v) is 11.7. The summed E-state index contributed by atoms with van der Waals surface area (Å²) in [5.74, 6) is 0. The van der Waals surface area contributed by atoms with Crippen LogP contribution in [0.1, 0.15) is 18.4 Å². The van der Waals surface area contributed by atoms with Gasteiger partial charge in [0.1, 0.15) is 0 Å². The second-order valence-electron chi connectivity index (χ2n) is 4.14. The standard InChI is InChI=1S/C14H17NS2/c1-17-14(16)13(11-15-9-5-6-10-15)12-7-3-2-4-8-12/h2-4,7-8,11H,5-6,9-10H2,1H3/b13-11+. The second kappa shape index (κ2) is 6.22. The molecule has 0 unspecified atom stereocenters. The highest BCUT2D eigenvalue weighted by Gasteiger charge is 2.12. The summed E-state index contributed by atoms with van der Waals surface area (Å²) in [6.45, 7) is 2.32. The zero-order valence-electron chi connectivity index (χ0n) is 10.1. The monoisotopic (exact) mass is 263 g/mol. The van der Waals surface area contributed by atoms with Gasteiger partial charge >= 0.3 is 0 Å². The van der Waals surface area contributed by atoms with Gasteiger partial charge in [-0.05, 0) is 24.7 Å². The van der Waals surface area contributed by atoms with Crippen LogP contribution in [-0.4, -0.2) is 28.4 Å². The minimum absolute atomic E-state index is 0.975. The number of rotatable bonds is 3. The van der Waals surface area contributed by atoms with E-state index in [4.69, 9.17) is 12.2 Å². The molecule has 3 heteroatoms. The van der Waals surface area contributed by atoms with E-state index < -0.39 is 0 Å². The molecule has 1 saturated heterocycles. The van der Waals surface area contributed by atoms with Crippen molar-refractivity contribution in [1.29, 1.82) is 0 Å². The molecule has 1 aromatic rings. The molecule has 1 fully saturated rings. The highest BCUT2D eigenvalue weighted by molar-refractivity contribution is 8.24. The summed E-state index contributed by atoms with van der Waals surface area (Å²) in [4.78, 5) is 2.38. The SMILES string of the molecule is CSC(=S)/C(=C/N1CCCC1)c1ccccc1. The fourth-order valence-corrected chi connectivity index (χ4v) is 2.59. The Morgan fingerprint density at radius 1 is 1.24 bits per heavy atom. The number of thioether (sulfide) groups is 1. The lowest BCUT2D eigenvalue weighted by Gasteiger charge is -2.15. The lowest BCUT2D eigenvalue weighted by molar-refractivity contribution is 0.470. The molecule has 2 rings (SSSR count). The molecule has 0 radical (unpaired) electrons. The fourth-order valence-electron chi connectivity index (χ4n) is 2.03. The Bertz CT molecular complexity index is 405. The molecular weight excluding hydrogens is 246 g/mol. The lowest BCUT2D eigenvalue weighted by atomic mass is 10.1. The molecule has 0 aliphatic carbocycles. The number of thiocarbonyl (C=S) groups is 1. The van der Waals surface area contributed by atoms with Gasteiger partial charge in [-0.15, -0.1) is 11.8 Å². The van der Waals surface area contributed by atoms with Crippen molar-refractivity contribution >= 4 is 33.7 Å². The van der Waals surface area contributed by atoms with Crippen LogP contribution in [0, 0.1) is 0 Å². The zero-order chi connectivity index (χ0) is 12.1. The molecule has 1 heterocycles. The van der Waals surface area contributed by atoms with Crippen molar-refractivity contribution in [1.82, 2.24) is 4.90 Å². The molecule has 90 valence electrons. The van der Waals surface area contributed by atoms with E-state index in [0.717, 1.165) is 17.3 Å². The van der Waals surface area contributed by atoms with Crippen molar-refractivity contribution in [2.45, 2.75) is 12.8 Å². The van der Waals surface area contributed by atoms with Crippen molar-refractivity contribution in [3.63, 3.8) is 0 Å². The van der Waals surface area contributed by atoms with Gasteiger partial charge in [-0.3, -0.25) is 0 Å². The summed E-state index contributed by atoms with van der Waals surface area (Å²) in [6.07, 6.45) is 6.87. The van der Waals surface area contributed by atoms with E-state index >= 15 is 0 Å². The molecule has 0 N–H and O–H groups in total. The Labute approximate surface area is 113 Å². The number of likely N-dealkylation sites (tertiary alicyclic amines) is 1. The van der Waals surface area contributed by atoms with Gasteiger partial charge in [0.05, 0.1) is 4.20 Å². The smallest absolute Gasteiger partial charge is 0.0796 e. The Morgan fingerprint density at radius 3 is 2.47 bits per heavy atom. The van der Waals surface area contributed by atoms with E-state index in [1.807, 2.05) is 12.3 Å². The van der Waals surface area contributed by atoms with E-state index in [9.17, 15) is 0 Å².